The van der Waals surface area contributed by atoms with E-state index >= 15 is 0 Å². The maximum absolute atomic E-state index is 4.63. The molecule has 1 heterocycles. The first kappa shape index (κ1) is 17.0. The molecule has 0 fully saturated rings. The van der Waals surface area contributed by atoms with Gasteiger partial charge in [0.25, 0.3) is 0 Å². The molecule has 2 N–H and O–H groups in total. The van der Waals surface area contributed by atoms with Crippen molar-refractivity contribution >= 4 is 17.3 Å². The Kier molecular flexibility index (Phi) is 7.02. The quantitative estimate of drug-likeness (QED) is 0.599. The van der Waals surface area contributed by atoms with Crippen molar-refractivity contribution in [1.29, 1.82) is 0 Å². The number of guanidine groups is 1. The summed E-state index contributed by atoms with van der Waals surface area (Å²) in [4.78, 5) is 8.14. The van der Waals surface area contributed by atoms with Gasteiger partial charge in [-0.1, -0.05) is 19.9 Å². The van der Waals surface area contributed by atoms with Gasteiger partial charge in [-0.05, 0) is 37.9 Å². The van der Waals surface area contributed by atoms with Gasteiger partial charge in [-0.25, -0.2) is 4.99 Å². The highest BCUT2D eigenvalue weighted by Crippen LogP contribution is 2.14. The minimum atomic E-state index is 0.211. The zero-order chi connectivity index (χ0) is 15.0. The molecule has 5 heteroatoms. The van der Waals surface area contributed by atoms with Gasteiger partial charge in [0.1, 0.15) is 0 Å². The predicted octanol–water partition coefficient (Wildman–Crippen LogP) is 2.39. The summed E-state index contributed by atoms with van der Waals surface area (Å²) < 4.78 is 0. The van der Waals surface area contributed by atoms with Gasteiger partial charge in [0.05, 0.1) is 6.54 Å². The molecule has 114 valence electrons. The van der Waals surface area contributed by atoms with Gasteiger partial charge in [0.2, 0.25) is 0 Å². The fourth-order valence-corrected chi connectivity index (χ4v) is 2.76. The van der Waals surface area contributed by atoms with E-state index in [1.165, 1.54) is 4.88 Å². The van der Waals surface area contributed by atoms with Crippen molar-refractivity contribution in [3.8, 4) is 0 Å². The molecule has 0 radical (unpaired) electrons. The average Bonchev–Trinajstić information content (AvgIpc) is 2.84. The molecule has 0 saturated heterocycles. The normalized spacial score (nSPS) is 12.8. The summed E-state index contributed by atoms with van der Waals surface area (Å²) in [5.74, 6) is 0.896. The van der Waals surface area contributed by atoms with Gasteiger partial charge < -0.3 is 15.5 Å². The lowest BCUT2D eigenvalue weighted by Gasteiger charge is -2.29. The standard InChI is InChI=1S/C15H28N4S/c1-6-16-14(17-10-13-8-7-9-20-13)18-11-15(2,3)12-19(4)5/h7-9H,6,10-12H2,1-5H3,(H2,16,17,18). The van der Waals surface area contributed by atoms with Crippen molar-refractivity contribution in [3.05, 3.63) is 22.4 Å². The van der Waals surface area contributed by atoms with Crippen LogP contribution in [0.5, 0.6) is 0 Å². The first-order valence-electron chi connectivity index (χ1n) is 7.12. The summed E-state index contributed by atoms with van der Waals surface area (Å²) in [5, 5.41) is 8.84. The van der Waals surface area contributed by atoms with Crippen molar-refractivity contribution < 1.29 is 0 Å². The van der Waals surface area contributed by atoms with E-state index < -0.39 is 0 Å². The smallest absolute Gasteiger partial charge is 0.191 e. The maximum atomic E-state index is 4.63. The molecule has 0 aliphatic rings. The molecular weight excluding hydrogens is 268 g/mol. The second-order valence-corrected chi connectivity index (χ2v) is 7.06. The summed E-state index contributed by atoms with van der Waals surface area (Å²) in [6.45, 7) is 10.2. The molecule has 0 bridgehead atoms. The van der Waals surface area contributed by atoms with Crippen molar-refractivity contribution in [1.82, 2.24) is 15.5 Å². The molecule has 0 spiro atoms. The topological polar surface area (TPSA) is 39.7 Å². The lowest BCUT2D eigenvalue weighted by atomic mass is 9.93. The summed E-state index contributed by atoms with van der Waals surface area (Å²) in [6, 6.07) is 4.18. The van der Waals surface area contributed by atoms with Crippen LogP contribution in [0.3, 0.4) is 0 Å². The van der Waals surface area contributed by atoms with Gasteiger partial charge in [-0.2, -0.15) is 0 Å². The Morgan fingerprint density at radius 1 is 1.35 bits per heavy atom. The molecule has 0 unspecified atom stereocenters. The van der Waals surface area contributed by atoms with Crippen LogP contribution in [0, 0.1) is 5.41 Å². The Hall–Kier alpha value is -1.07. The highest BCUT2D eigenvalue weighted by atomic mass is 32.1. The fourth-order valence-electron chi connectivity index (χ4n) is 2.14. The zero-order valence-corrected chi connectivity index (χ0v) is 14.2. The summed E-state index contributed by atoms with van der Waals surface area (Å²) in [6.07, 6.45) is 0. The number of hydrogen-bond donors (Lipinski definition) is 2. The summed E-state index contributed by atoms with van der Waals surface area (Å²) in [7, 11) is 4.22. The SMILES string of the molecule is CCNC(=NCc1cccs1)NCC(C)(C)CN(C)C. The van der Waals surface area contributed by atoms with Crippen molar-refractivity contribution in [2.24, 2.45) is 10.4 Å². The molecule has 1 aromatic heterocycles. The molecular formula is C15H28N4S. The number of hydrogen-bond acceptors (Lipinski definition) is 3. The van der Waals surface area contributed by atoms with Gasteiger partial charge in [0.15, 0.2) is 5.96 Å². The largest absolute Gasteiger partial charge is 0.357 e. The van der Waals surface area contributed by atoms with E-state index in [1.54, 1.807) is 11.3 Å². The van der Waals surface area contributed by atoms with Crippen molar-refractivity contribution in [2.75, 3.05) is 33.7 Å². The highest BCUT2D eigenvalue weighted by molar-refractivity contribution is 7.09. The highest BCUT2D eigenvalue weighted by Gasteiger charge is 2.19. The third-order valence-electron chi connectivity index (χ3n) is 2.80. The van der Waals surface area contributed by atoms with Crippen LogP contribution < -0.4 is 10.6 Å². The Morgan fingerprint density at radius 3 is 2.65 bits per heavy atom. The molecule has 0 amide bonds. The van der Waals surface area contributed by atoms with Crippen molar-refractivity contribution in [3.63, 3.8) is 0 Å². The van der Waals surface area contributed by atoms with E-state index in [0.29, 0.717) is 0 Å². The van der Waals surface area contributed by atoms with Crippen LogP contribution in [0.2, 0.25) is 0 Å². The maximum Gasteiger partial charge on any atom is 0.191 e. The lowest BCUT2D eigenvalue weighted by Crippen LogP contribution is -2.44. The van der Waals surface area contributed by atoms with Crippen LogP contribution in [0.1, 0.15) is 25.6 Å². The Bertz CT molecular complexity index is 396. The third-order valence-corrected chi connectivity index (χ3v) is 3.66. The molecule has 0 atom stereocenters. The Labute approximate surface area is 127 Å². The van der Waals surface area contributed by atoms with Crippen LogP contribution in [0.4, 0.5) is 0 Å². The average molecular weight is 296 g/mol. The van der Waals surface area contributed by atoms with Gasteiger partial charge in [-0.15, -0.1) is 11.3 Å². The van der Waals surface area contributed by atoms with Gasteiger partial charge in [-0.3, -0.25) is 0 Å². The van der Waals surface area contributed by atoms with Crippen LogP contribution in [-0.4, -0.2) is 44.6 Å². The number of aliphatic imine (C=N–C) groups is 1. The zero-order valence-electron chi connectivity index (χ0n) is 13.4. The number of thiophene rings is 1. The molecule has 1 aromatic rings. The molecule has 0 aliphatic carbocycles. The van der Waals surface area contributed by atoms with Crippen LogP contribution in [0.15, 0.2) is 22.5 Å². The van der Waals surface area contributed by atoms with E-state index in [4.69, 9.17) is 0 Å². The van der Waals surface area contributed by atoms with Crippen LogP contribution in [-0.2, 0) is 6.54 Å². The second-order valence-electron chi connectivity index (χ2n) is 6.03. The van der Waals surface area contributed by atoms with E-state index in [9.17, 15) is 0 Å². The van der Waals surface area contributed by atoms with Gasteiger partial charge in [0, 0.05) is 24.5 Å². The molecule has 0 aliphatic heterocycles. The Morgan fingerprint density at radius 2 is 2.10 bits per heavy atom. The Balaban J connectivity index is 2.52. The monoisotopic (exact) mass is 296 g/mol. The second kappa shape index (κ2) is 8.27. The first-order chi connectivity index (χ1) is 9.43. The van der Waals surface area contributed by atoms with E-state index in [-0.39, 0.29) is 5.41 Å². The number of nitrogens with one attached hydrogen (secondary N) is 2. The minimum Gasteiger partial charge on any atom is -0.357 e. The van der Waals surface area contributed by atoms with Gasteiger partial charge >= 0.3 is 0 Å². The molecule has 20 heavy (non-hydrogen) atoms. The predicted molar refractivity (Wildman–Crippen MR) is 89.5 cm³/mol. The van der Waals surface area contributed by atoms with E-state index in [0.717, 1.165) is 32.1 Å². The summed E-state index contributed by atoms with van der Waals surface area (Å²) in [5.41, 5.74) is 0.211. The number of rotatable bonds is 7. The summed E-state index contributed by atoms with van der Waals surface area (Å²) >= 11 is 1.75. The lowest BCUT2D eigenvalue weighted by molar-refractivity contribution is 0.241. The molecule has 1 rings (SSSR count). The van der Waals surface area contributed by atoms with Crippen LogP contribution >= 0.6 is 11.3 Å². The molecule has 4 nitrogen and oxygen atoms in total. The van der Waals surface area contributed by atoms with E-state index in [1.807, 2.05) is 0 Å². The molecule has 0 aromatic carbocycles. The van der Waals surface area contributed by atoms with Crippen LogP contribution in [0.25, 0.3) is 0 Å². The van der Waals surface area contributed by atoms with E-state index in [2.05, 4.69) is 72.9 Å². The van der Waals surface area contributed by atoms with Crippen molar-refractivity contribution in [2.45, 2.75) is 27.3 Å². The number of nitrogens with zero attached hydrogens (tertiary/aromatic N) is 2. The third kappa shape index (κ3) is 6.91. The minimum absolute atomic E-state index is 0.211. The fraction of sp³-hybridized carbons (Fsp3) is 0.667. The first-order valence-corrected chi connectivity index (χ1v) is 8.00. The molecule has 0 saturated carbocycles.